The highest BCUT2D eigenvalue weighted by molar-refractivity contribution is 5.36. The van der Waals surface area contributed by atoms with Crippen LogP contribution < -0.4 is 10.5 Å². The van der Waals surface area contributed by atoms with Gasteiger partial charge < -0.3 is 10.5 Å². The zero-order valence-corrected chi connectivity index (χ0v) is 11.1. The molecule has 2 N–H and O–H groups in total. The number of aryl methyl sites for hydroxylation is 1. The number of nitrogens with zero attached hydrogens (tertiary/aromatic N) is 1. The SMILES string of the molecule is Cc1ccc(C(CN)Oc2ccc(C#N)cc2F)cc1. The molecule has 0 bridgehead atoms. The van der Waals surface area contributed by atoms with Crippen molar-refractivity contribution in [2.45, 2.75) is 13.0 Å². The van der Waals surface area contributed by atoms with Crippen molar-refractivity contribution in [3.8, 4) is 11.8 Å². The Morgan fingerprint density at radius 2 is 1.95 bits per heavy atom. The van der Waals surface area contributed by atoms with Gasteiger partial charge in [0.15, 0.2) is 11.6 Å². The molecule has 2 rings (SSSR count). The van der Waals surface area contributed by atoms with Crippen molar-refractivity contribution in [2.24, 2.45) is 5.73 Å². The smallest absolute Gasteiger partial charge is 0.166 e. The standard InChI is InChI=1S/C16H15FN2O/c1-11-2-5-13(6-3-11)16(10-19)20-15-7-4-12(9-18)8-14(15)17/h2-8,16H,10,19H2,1H3. The van der Waals surface area contributed by atoms with Gasteiger partial charge in [-0.3, -0.25) is 0 Å². The number of hydrogen-bond donors (Lipinski definition) is 1. The molecule has 2 aromatic carbocycles. The average Bonchev–Trinajstić information content (AvgIpc) is 2.47. The quantitative estimate of drug-likeness (QED) is 0.928. The summed E-state index contributed by atoms with van der Waals surface area (Å²) in [5.74, 6) is -0.463. The normalized spacial score (nSPS) is 11.7. The Morgan fingerprint density at radius 3 is 2.50 bits per heavy atom. The van der Waals surface area contributed by atoms with E-state index < -0.39 is 11.9 Å². The molecule has 0 aliphatic heterocycles. The molecule has 1 unspecified atom stereocenters. The first kappa shape index (κ1) is 14.0. The molecule has 0 spiro atoms. The molecule has 0 heterocycles. The molecule has 4 heteroatoms. The molecule has 0 aliphatic rings. The first-order valence-corrected chi connectivity index (χ1v) is 6.27. The predicted octanol–water partition coefficient (Wildman–Crippen LogP) is 3.08. The van der Waals surface area contributed by atoms with Gasteiger partial charge in [0.05, 0.1) is 11.6 Å². The molecular weight excluding hydrogens is 255 g/mol. The first-order valence-electron chi connectivity index (χ1n) is 6.27. The number of ether oxygens (including phenoxy) is 1. The van der Waals surface area contributed by atoms with Gasteiger partial charge in [-0.2, -0.15) is 5.26 Å². The van der Waals surface area contributed by atoms with E-state index in [-0.39, 0.29) is 17.9 Å². The molecule has 2 aromatic rings. The molecule has 0 aliphatic carbocycles. The van der Waals surface area contributed by atoms with Crippen LogP contribution in [0.3, 0.4) is 0 Å². The van der Waals surface area contributed by atoms with E-state index in [4.69, 9.17) is 15.7 Å². The third-order valence-corrected chi connectivity index (χ3v) is 2.99. The van der Waals surface area contributed by atoms with E-state index in [1.54, 1.807) is 0 Å². The largest absolute Gasteiger partial charge is 0.481 e. The summed E-state index contributed by atoms with van der Waals surface area (Å²) < 4.78 is 19.4. The lowest BCUT2D eigenvalue weighted by Crippen LogP contribution is -2.19. The fourth-order valence-electron chi connectivity index (χ4n) is 1.85. The fraction of sp³-hybridized carbons (Fsp3) is 0.188. The second-order valence-corrected chi connectivity index (χ2v) is 4.51. The van der Waals surface area contributed by atoms with Crippen LogP contribution in [0.1, 0.15) is 22.8 Å². The van der Waals surface area contributed by atoms with E-state index in [0.29, 0.717) is 0 Å². The Balaban J connectivity index is 2.22. The minimum atomic E-state index is -0.561. The summed E-state index contributed by atoms with van der Waals surface area (Å²) in [7, 11) is 0. The second-order valence-electron chi connectivity index (χ2n) is 4.51. The van der Waals surface area contributed by atoms with Crippen LogP contribution in [0.4, 0.5) is 4.39 Å². The van der Waals surface area contributed by atoms with Gasteiger partial charge >= 0.3 is 0 Å². The maximum Gasteiger partial charge on any atom is 0.166 e. The van der Waals surface area contributed by atoms with Gasteiger partial charge in [0.2, 0.25) is 0 Å². The van der Waals surface area contributed by atoms with Gasteiger partial charge in [0.25, 0.3) is 0 Å². The maximum absolute atomic E-state index is 13.8. The van der Waals surface area contributed by atoms with Crippen molar-refractivity contribution < 1.29 is 9.13 Å². The van der Waals surface area contributed by atoms with Crippen LogP contribution in [0.2, 0.25) is 0 Å². The van der Waals surface area contributed by atoms with Crippen LogP contribution in [0.25, 0.3) is 0 Å². The predicted molar refractivity (Wildman–Crippen MR) is 74.7 cm³/mol. The molecule has 20 heavy (non-hydrogen) atoms. The summed E-state index contributed by atoms with van der Waals surface area (Å²) in [6.45, 7) is 2.23. The van der Waals surface area contributed by atoms with Crippen molar-refractivity contribution in [1.29, 1.82) is 5.26 Å². The van der Waals surface area contributed by atoms with Gasteiger partial charge in [-0.1, -0.05) is 29.8 Å². The third-order valence-electron chi connectivity index (χ3n) is 2.99. The van der Waals surface area contributed by atoms with Crippen LogP contribution in [-0.2, 0) is 0 Å². The minimum Gasteiger partial charge on any atom is -0.481 e. The lowest BCUT2D eigenvalue weighted by Gasteiger charge is -2.18. The number of nitrogens with two attached hydrogens (primary N) is 1. The third kappa shape index (κ3) is 3.14. The Labute approximate surface area is 117 Å². The van der Waals surface area contributed by atoms with Gasteiger partial charge in [0.1, 0.15) is 6.10 Å². The zero-order chi connectivity index (χ0) is 14.5. The highest BCUT2D eigenvalue weighted by Crippen LogP contribution is 2.25. The van der Waals surface area contributed by atoms with Crippen LogP contribution in [0.15, 0.2) is 42.5 Å². The molecule has 0 radical (unpaired) electrons. The number of hydrogen-bond acceptors (Lipinski definition) is 3. The van der Waals surface area contributed by atoms with Crippen molar-refractivity contribution in [3.05, 3.63) is 65.0 Å². The Kier molecular flexibility index (Phi) is 4.34. The average molecular weight is 270 g/mol. The van der Waals surface area contributed by atoms with Crippen LogP contribution in [-0.4, -0.2) is 6.54 Å². The molecule has 0 saturated heterocycles. The van der Waals surface area contributed by atoms with Gasteiger partial charge in [0, 0.05) is 6.54 Å². The van der Waals surface area contributed by atoms with Gasteiger partial charge in [-0.25, -0.2) is 4.39 Å². The summed E-state index contributed by atoms with van der Waals surface area (Å²) in [5.41, 5.74) is 7.98. The Hall–Kier alpha value is -2.38. The van der Waals surface area contributed by atoms with Crippen molar-refractivity contribution in [3.63, 3.8) is 0 Å². The highest BCUT2D eigenvalue weighted by atomic mass is 19.1. The topological polar surface area (TPSA) is 59.0 Å². The molecule has 102 valence electrons. The van der Waals surface area contributed by atoms with E-state index in [0.717, 1.165) is 17.2 Å². The highest BCUT2D eigenvalue weighted by Gasteiger charge is 2.14. The molecule has 0 fully saturated rings. The first-order chi connectivity index (χ1) is 9.63. The molecule has 0 amide bonds. The lowest BCUT2D eigenvalue weighted by atomic mass is 10.1. The van der Waals surface area contributed by atoms with Crippen LogP contribution in [0, 0.1) is 24.1 Å². The minimum absolute atomic E-state index is 0.0972. The number of rotatable bonds is 4. The fourth-order valence-corrected chi connectivity index (χ4v) is 1.85. The summed E-state index contributed by atoms with van der Waals surface area (Å²) in [4.78, 5) is 0. The summed E-state index contributed by atoms with van der Waals surface area (Å²) in [5, 5.41) is 8.71. The molecular formula is C16H15FN2O. The van der Waals surface area contributed by atoms with Crippen molar-refractivity contribution in [1.82, 2.24) is 0 Å². The van der Waals surface area contributed by atoms with Crippen LogP contribution >= 0.6 is 0 Å². The number of benzene rings is 2. The monoisotopic (exact) mass is 270 g/mol. The lowest BCUT2D eigenvalue weighted by molar-refractivity contribution is 0.204. The van der Waals surface area contributed by atoms with Crippen molar-refractivity contribution in [2.75, 3.05) is 6.54 Å². The van der Waals surface area contributed by atoms with Gasteiger partial charge in [-0.15, -0.1) is 0 Å². The summed E-state index contributed by atoms with van der Waals surface area (Å²) in [6, 6.07) is 13.7. The summed E-state index contributed by atoms with van der Waals surface area (Å²) in [6.07, 6.45) is -0.418. The van der Waals surface area contributed by atoms with E-state index in [9.17, 15) is 4.39 Å². The van der Waals surface area contributed by atoms with Crippen LogP contribution in [0.5, 0.6) is 5.75 Å². The van der Waals surface area contributed by atoms with E-state index in [1.807, 2.05) is 37.3 Å². The Morgan fingerprint density at radius 1 is 1.25 bits per heavy atom. The van der Waals surface area contributed by atoms with E-state index in [1.165, 1.54) is 12.1 Å². The number of halogens is 1. The summed E-state index contributed by atoms with van der Waals surface area (Å²) >= 11 is 0. The van der Waals surface area contributed by atoms with Crippen molar-refractivity contribution >= 4 is 0 Å². The zero-order valence-electron chi connectivity index (χ0n) is 11.1. The van der Waals surface area contributed by atoms with E-state index >= 15 is 0 Å². The molecule has 0 aromatic heterocycles. The maximum atomic E-state index is 13.8. The number of nitriles is 1. The molecule has 0 saturated carbocycles. The second kappa shape index (κ2) is 6.18. The Bertz CT molecular complexity index is 632. The van der Waals surface area contributed by atoms with E-state index in [2.05, 4.69) is 0 Å². The molecule has 3 nitrogen and oxygen atoms in total. The van der Waals surface area contributed by atoms with Gasteiger partial charge in [-0.05, 0) is 30.7 Å². The molecule has 1 atom stereocenters.